The van der Waals surface area contributed by atoms with Crippen LogP contribution in [0.3, 0.4) is 0 Å². The average molecular weight is 367 g/mol. The Hall–Kier alpha value is -0.410. The van der Waals surface area contributed by atoms with E-state index in [9.17, 15) is 8.42 Å². The van der Waals surface area contributed by atoms with E-state index in [4.69, 9.17) is 9.15 Å². The van der Waals surface area contributed by atoms with Crippen molar-refractivity contribution in [1.82, 2.24) is 10.0 Å². The summed E-state index contributed by atoms with van der Waals surface area (Å²) in [5.74, 6) is 0.570. The van der Waals surface area contributed by atoms with Gasteiger partial charge in [-0.05, 0) is 42.7 Å². The third-order valence-corrected chi connectivity index (χ3v) is 5.54. The Morgan fingerprint density at radius 3 is 2.80 bits per heavy atom. The maximum Gasteiger partial charge on any atom is 0.245 e. The molecular weight excluding hydrogens is 348 g/mol. The number of halogens is 1. The summed E-state index contributed by atoms with van der Waals surface area (Å²) in [4.78, 5) is 0.141. The zero-order chi connectivity index (χ0) is 14.8. The minimum Gasteiger partial charge on any atom is -0.452 e. The van der Waals surface area contributed by atoms with E-state index < -0.39 is 10.0 Å². The number of nitrogens with one attached hydrogen (secondary N) is 2. The van der Waals surface area contributed by atoms with Gasteiger partial charge >= 0.3 is 0 Å². The number of hydrogen-bond donors (Lipinski definition) is 2. The largest absolute Gasteiger partial charge is 0.452 e. The first kappa shape index (κ1) is 16.0. The van der Waals surface area contributed by atoms with Crippen molar-refractivity contribution in [2.24, 2.45) is 0 Å². The second-order valence-electron chi connectivity index (χ2n) is 4.75. The molecule has 1 saturated carbocycles. The zero-order valence-electron chi connectivity index (χ0n) is 11.5. The normalized spacial score (nSPS) is 22.8. The van der Waals surface area contributed by atoms with Crippen molar-refractivity contribution in [2.45, 2.75) is 43.4 Å². The second kappa shape index (κ2) is 6.57. The van der Waals surface area contributed by atoms with Gasteiger partial charge in [-0.25, -0.2) is 13.1 Å². The van der Waals surface area contributed by atoms with Crippen LogP contribution in [0.25, 0.3) is 0 Å². The van der Waals surface area contributed by atoms with Crippen LogP contribution in [0.2, 0.25) is 0 Å². The van der Waals surface area contributed by atoms with E-state index in [0.29, 0.717) is 31.8 Å². The summed E-state index contributed by atoms with van der Waals surface area (Å²) in [5, 5.41) is 2.91. The van der Waals surface area contributed by atoms with Gasteiger partial charge in [0.1, 0.15) is 10.7 Å². The van der Waals surface area contributed by atoms with Gasteiger partial charge in [0.05, 0.1) is 12.6 Å². The van der Waals surface area contributed by atoms with E-state index >= 15 is 0 Å². The highest BCUT2D eigenvalue weighted by Gasteiger charge is 2.34. The predicted molar refractivity (Wildman–Crippen MR) is 77.9 cm³/mol. The second-order valence-corrected chi connectivity index (χ2v) is 7.15. The number of hydrogen-bond acceptors (Lipinski definition) is 5. The van der Waals surface area contributed by atoms with Crippen LogP contribution in [0.15, 0.2) is 20.0 Å². The molecule has 1 fully saturated rings. The Labute approximate surface area is 127 Å². The Morgan fingerprint density at radius 2 is 2.20 bits per heavy atom. The van der Waals surface area contributed by atoms with Gasteiger partial charge in [0, 0.05) is 18.7 Å². The standard InChI is InChI=1S/C12H19BrN2O4S/c1-3-18-9-4-8(5-9)15-20(16,17)11-6-10(7-14-2)19-12(11)13/h6,8-9,14-15H,3-5,7H2,1-2H3. The first-order valence-electron chi connectivity index (χ1n) is 6.53. The molecule has 1 aliphatic rings. The molecule has 0 saturated heterocycles. The molecule has 1 aromatic rings. The minimum absolute atomic E-state index is 0.0638. The molecule has 6 nitrogen and oxygen atoms in total. The Morgan fingerprint density at radius 1 is 1.50 bits per heavy atom. The molecule has 1 aliphatic carbocycles. The van der Waals surface area contributed by atoms with Crippen LogP contribution >= 0.6 is 15.9 Å². The van der Waals surface area contributed by atoms with E-state index in [1.807, 2.05) is 6.92 Å². The van der Waals surface area contributed by atoms with Gasteiger partial charge < -0.3 is 14.5 Å². The van der Waals surface area contributed by atoms with Crippen molar-refractivity contribution in [3.63, 3.8) is 0 Å². The summed E-state index contributed by atoms with van der Waals surface area (Å²) in [5.41, 5.74) is 0. The molecule has 0 aliphatic heterocycles. The van der Waals surface area contributed by atoms with Crippen molar-refractivity contribution in [3.05, 3.63) is 16.5 Å². The Kier molecular flexibility index (Phi) is 5.25. The van der Waals surface area contributed by atoms with Crippen molar-refractivity contribution in [1.29, 1.82) is 0 Å². The molecule has 1 aromatic heterocycles. The van der Waals surface area contributed by atoms with Gasteiger partial charge in [-0.3, -0.25) is 0 Å². The molecule has 114 valence electrons. The number of furan rings is 1. The lowest BCUT2D eigenvalue weighted by Gasteiger charge is -2.34. The topological polar surface area (TPSA) is 80.6 Å². The molecule has 0 unspecified atom stereocenters. The minimum atomic E-state index is -3.56. The third kappa shape index (κ3) is 3.62. The SMILES string of the molecule is CCOC1CC(NS(=O)(=O)c2cc(CNC)oc2Br)C1. The van der Waals surface area contributed by atoms with Crippen molar-refractivity contribution >= 4 is 26.0 Å². The molecule has 8 heteroatoms. The highest BCUT2D eigenvalue weighted by atomic mass is 79.9. The first-order chi connectivity index (χ1) is 9.46. The Bertz CT molecular complexity index is 552. The van der Waals surface area contributed by atoms with Crippen molar-refractivity contribution < 1.29 is 17.6 Å². The summed E-state index contributed by atoms with van der Waals surface area (Å²) < 4.78 is 38.2. The maximum absolute atomic E-state index is 12.3. The fourth-order valence-corrected chi connectivity index (χ4v) is 4.42. The highest BCUT2D eigenvalue weighted by Crippen LogP contribution is 2.29. The fourth-order valence-electron chi connectivity index (χ4n) is 2.16. The lowest BCUT2D eigenvalue weighted by molar-refractivity contribution is -0.00476. The van der Waals surface area contributed by atoms with Crippen LogP contribution in [0.1, 0.15) is 25.5 Å². The third-order valence-electron chi connectivity index (χ3n) is 3.17. The van der Waals surface area contributed by atoms with E-state index in [0.717, 1.165) is 0 Å². The molecular formula is C12H19BrN2O4S. The molecule has 2 rings (SSSR count). The van der Waals surface area contributed by atoms with Gasteiger partial charge in [0.15, 0.2) is 4.67 Å². The van der Waals surface area contributed by atoms with Gasteiger partial charge in [0.25, 0.3) is 0 Å². The average Bonchev–Trinajstić information content (AvgIpc) is 2.69. The lowest BCUT2D eigenvalue weighted by Crippen LogP contribution is -2.47. The van der Waals surface area contributed by atoms with E-state index in [1.165, 1.54) is 6.07 Å². The fraction of sp³-hybridized carbons (Fsp3) is 0.667. The Balaban J connectivity index is 2.00. The molecule has 0 aromatic carbocycles. The van der Waals surface area contributed by atoms with Crippen LogP contribution in [0.5, 0.6) is 0 Å². The van der Waals surface area contributed by atoms with Crippen LogP contribution in [0.4, 0.5) is 0 Å². The summed E-state index contributed by atoms with van der Waals surface area (Å²) in [6.07, 6.45) is 1.60. The predicted octanol–water partition coefficient (Wildman–Crippen LogP) is 1.61. The van der Waals surface area contributed by atoms with Crippen LogP contribution in [0, 0.1) is 0 Å². The quantitative estimate of drug-likeness (QED) is 0.765. The lowest BCUT2D eigenvalue weighted by atomic mass is 9.90. The molecule has 0 spiro atoms. The van der Waals surface area contributed by atoms with E-state index in [-0.39, 0.29) is 21.7 Å². The van der Waals surface area contributed by atoms with Gasteiger partial charge in [-0.15, -0.1) is 0 Å². The van der Waals surface area contributed by atoms with Gasteiger partial charge in [-0.2, -0.15) is 0 Å². The van der Waals surface area contributed by atoms with Crippen LogP contribution in [-0.4, -0.2) is 34.2 Å². The number of ether oxygens (including phenoxy) is 1. The molecule has 1 heterocycles. The smallest absolute Gasteiger partial charge is 0.245 e. The van der Waals surface area contributed by atoms with Gasteiger partial charge in [-0.1, -0.05) is 0 Å². The number of rotatable bonds is 7. The summed E-state index contributed by atoms with van der Waals surface area (Å²) >= 11 is 3.15. The summed E-state index contributed by atoms with van der Waals surface area (Å²) in [6.45, 7) is 3.07. The van der Waals surface area contributed by atoms with Crippen LogP contribution in [-0.2, 0) is 21.3 Å². The van der Waals surface area contributed by atoms with Crippen molar-refractivity contribution in [2.75, 3.05) is 13.7 Å². The van der Waals surface area contributed by atoms with Gasteiger partial charge in [0.2, 0.25) is 10.0 Å². The molecule has 0 atom stereocenters. The molecule has 2 N–H and O–H groups in total. The first-order valence-corrected chi connectivity index (χ1v) is 8.80. The molecule has 20 heavy (non-hydrogen) atoms. The zero-order valence-corrected chi connectivity index (χ0v) is 13.9. The van der Waals surface area contributed by atoms with Crippen LogP contribution < -0.4 is 10.0 Å². The van der Waals surface area contributed by atoms with E-state index in [2.05, 4.69) is 26.0 Å². The number of sulfonamides is 1. The maximum atomic E-state index is 12.3. The monoisotopic (exact) mass is 366 g/mol. The highest BCUT2D eigenvalue weighted by molar-refractivity contribution is 9.10. The summed E-state index contributed by atoms with van der Waals surface area (Å²) in [6, 6.07) is 1.47. The molecule has 0 amide bonds. The van der Waals surface area contributed by atoms with E-state index in [1.54, 1.807) is 7.05 Å². The van der Waals surface area contributed by atoms with Crippen molar-refractivity contribution in [3.8, 4) is 0 Å². The summed E-state index contributed by atoms with van der Waals surface area (Å²) in [7, 11) is -1.79. The molecule has 0 bridgehead atoms. The molecule has 0 radical (unpaired) electrons.